The second-order valence-corrected chi connectivity index (χ2v) is 9.44. The summed E-state index contributed by atoms with van der Waals surface area (Å²) in [7, 11) is 0. The highest BCUT2D eigenvalue weighted by molar-refractivity contribution is 7.15. The average Bonchev–Trinajstić information content (AvgIpc) is 3.23. The maximum Gasteiger partial charge on any atom is 0.267 e. The van der Waals surface area contributed by atoms with Crippen molar-refractivity contribution >= 4 is 22.9 Å². The van der Waals surface area contributed by atoms with E-state index in [1.165, 1.54) is 0 Å². The molecule has 0 spiro atoms. The Labute approximate surface area is 202 Å². The van der Waals surface area contributed by atoms with Gasteiger partial charge in [-0.05, 0) is 68.8 Å². The molecule has 0 saturated carbocycles. The van der Waals surface area contributed by atoms with Crippen LogP contribution in [0.25, 0.3) is 22.0 Å². The highest BCUT2D eigenvalue weighted by Crippen LogP contribution is 2.39. The van der Waals surface area contributed by atoms with E-state index in [0.29, 0.717) is 18.9 Å². The van der Waals surface area contributed by atoms with E-state index in [9.17, 15) is 4.79 Å². The molecule has 172 valence electrons. The molecule has 3 heterocycles. The highest BCUT2D eigenvalue weighted by Gasteiger charge is 2.32. The van der Waals surface area contributed by atoms with Crippen molar-refractivity contribution in [3.8, 4) is 33.5 Å². The number of carbonyl (C=O) groups is 1. The van der Waals surface area contributed by atoms with E-state index in [1.807, 2.05) is 67.6 Å². The number of benzene rings is 2. The summed E-state index contributed by atoms with van der Waals surface area (Å²) in [5, 5.41) is 0.871. The number of nitrogens with zero attached hydrogens (tertiary/aromatic N) is 3. The molecule has 1 unspecified atom stereocenters. The number of hydrogen-bond acceptors (Lipinski definition) is 6. The van der Waals surface area contributed by atoms with E-state index in [-0.39, 0.29) is 5.91 Å². The van der Waals surface area contributed by atoms with Crippen LogP contribution >= 0.6 is 11.3 Å². The van der Waals surface area contributed by atoms with Crippen molar-refractivity contribution in [2.24, 2.45) is 0 Å². The number of ether oxygens (including phenoxy) is 2. The number of carbonyl (C=O) groups excluding carboxylic acids is 1. The molecule has 0 radical (unpaired) electrons. The summed E-state index contributed by atoms with van der Waals surface area (Å²) >= 11 is 1.61. The lowest BCUT2D eigenvalue weighted by molar-refractivity contribution is -0.125. The summed E-state index contributed by atoms with van der Waals surface area (Å²) in [5.41, 5.74) is 4.54. The molecule has 5 rings (SSSR count). The van der Waals surface area contributed by atoms with Crippen LogP contribution in [-0.4, -0.2) is 35.1 Å². The summed E-state index contributed by atoms with van der Waals surface area (Å²) in [6, 6.07) is 19.6. The Balaban J connectivity index is 1.43. The Morgan fingerprint density at radius 1 is 1.09 bits per heavy atom. The molecule has 1 aliphatic rings. The predicted molar refractivity (Wildman–Crippen MR) is 135 cm³/mol. The van der Waals surface area contributed by atoms with Gasteiger partial charge in [0, 0.05) is 16.6 Å². The van der Waals surface area contributed by atoms with Crippen LogP contribution in [0.15, 0.2) is 66.9 Å². The second-order valence-electron chi connectivity index (χ2n) is 8.24. The molecule has 2 aromatic heterocycles. The van der Waals surface area contributed by atoms with Gasteiger partial charge in [0.1, 0.15) is 23.1 Å². The lowest BCUT2D eigenvalue weighted by Crippen LogP contribution is -2.46. The minimum Gasteiger partial charge on any atom is -0.492 e. The third-order valence-electron chi connectivity index (χ3n) is 5.69. The zero-order valence-electron chi connectivity index (χ0n) is 19.3. The number of aryl methyl sites for hydroxylation is 2. The van der Waals surface area contributed by atoms with Crippen LogP contribution in [0.1, 0.15) is 17.4 Å². The molecule has 2 aromatic carbocycles. The zero-order chi connectivity index (χ0) is 23.7. The van der Waals surface area contributed by atoms with Gasteiger partial charge in [-0.2, -0.15) is 0 Å². The monoisotopic (exact) mass is 471 g/mol. The number of rotatable bonds is 6. The third-order valence-corrected chi connectivity index (χ3v) is 6.69. The number of pyridine rings is 1. The smallest absolute Gasteiger partial charge is 0.267 e. The maximum atomic E-state index is 13.0. The minimum atomic E-state index is -0.547. The van der Waals surface area contributed by atoms with Crippen molar-refractivity contribution in [3.63, 3.8) is 0 Å². The molecule has 34 heavy (non-hydrogen) atoms. The first-order valence-electron chi connectivity index (χ1n) is 11.2. The summed E-state index contributed by atoms with van der Waals surface area (Å²) in [4.78, 5) is 25.1. The molecule has 1 amide bonds. The fraction of sp³-hybridized carbons (Fsp3) is 0.222. The van der Waals surface area contributed by atoms with Gasteiger partial charge < -0.3 is 14.4 Å². The molecule has 1 aliphatic heterocycles. The number of amides is 1. The molecule has 4 aromatic rings. The Morgan fingerprint density at radius 2 is 1.97 bits per heavy atom. The van der Waals surface area contributed by atoms with Gasteiger partial charge in [0.05, 0.1) is 23.6 Å². The summed E-state index contributed by atoms with van der Waals surface area (Å²) in [6.45, 7) is 6.65. The SMILES string of the molecule is Cc1cccc(OCCN2C(=O)C(C)Oc3ccc(-c4nc(-c5ccccn5)sc4C)cc32)c1. The number of aromatic nitrogens is 2. The molecule has 1 atom stereocenters. The molecule has 0 N–H and O–H groups in total. The standard InChI is InChI=1S/C27H25N3O3S/c1-17-7-6-8-21(15-17)32-14-13-30-23-16-20(10-11-24(23)33-18(2)27(30)31)25-19(3)34-26(29-25)22-9-4-5-12-28-22/h4-12,15-16,18H,13-14H2,1-3H3. The zero-order valence-corrected chi connectivity index (χ0v) is 20.1. The fourth-order valence-corrected chi connectivity index (χ4v) is 4.92. The fourth-order valence-electron chi connectivity index (χ4n) is 4.01. The Morgan fingerprint density at radius 3 is 2.76 bits per heavy atom. The van der Waals surface area contributed by atoms with E-state index in [0.717, 1.165) is 43.8 Å². The van der Waals surface area contributed by atoms with Crippen molar-refractivity contribution < 1.29 is 14.3 Å². The molecule has 0 saturated heterocycles. The molecular formula is C27H25N3O3S. The highest BCUT2D eigenvalue weighted by atomic mass is 32.1. The lowest BCUT2D eigenvalue weighted by Gasteiger charge is -2.33. The molecule has 0 bridgehead atoms. The molecule has 7 heteroatoms. The van der Waals surface area contributed by atoms with Crippen LogP contribution in [0.2, 0.25) is 0 Å². The van der Waals surface area contributed by atoms with Crippen LogP contribution in [0.4, 0.5) is 5.69 Å². The van der Waals surface area contributed by atoms with Crippen LogP contribution in [0.3, 0.4) is 0 Å². The molecule has 0 aliphatic carbocycles. The number of anilines is 1. The van der Waals surface area contributed by atoms with E-state index in [2.05, 4.69) is 11.9 Å². The maximum absolute atomic E-state index is 13.0. The van der Waals surface area contributed by atoms with Crippen LogP contribution < -0.4 is 14.4 Å². The summed E-state index contributed by atoms with van der Waals surface area (Å²) in [6.07, 6.45) is 1.22. The van der Waals surface area contributed by atoms with Crippen LogP contribution in [0.5, 0.6) is 11.5 Å². The van der Waals surface area contributed by atoms with Gasteiger partial charge in [0.25, 0.3) is 5.91 Å². The van der Waals surface area contributed by atoms with Crippen molar-refractivity contribution in [1.29, 1.82) is 0 Å². The van der Waals surface area contributed by atoms with Crippen LogP contribution in [0, 0.1) is 13.8 Å². The normalized spacial score (nSPS) is 15.1. The van der Waals surface area contributed by atoms with E-state index >= 15 is 0 Å². The molecule has 6 nitrogen and oxygen atoms in total. The Kier molecular flexibility index (Phi) is 6.02. The van der Waals surface area contributed by atoms with Gasteiger partial charge in [-0.25, -0.2) is 4.98 Å². The topological polar surface area (TPSA) is 64.5 Å². The van der Waals surface area contributed by atoms with Crippen molar-refractivity contribution in [3.05, 3.63) is 77.3 Å². The third kappa shape index (κ3) is 4.39. The summed E-state index contributed by atoms with van der Waals surface area (Å²) in [5.74, 6) is 1.40. The van der Waals surface area contributed by atoms with E-state index in [4.69, 9.17) is 14.5 Å². The van der Waals surface area contributed by atoms with Gasteiger partial charge >= 0.3 is 0 Å². The first kappa shape index (κ1) is 22.1. The second kappa shape index (κ2) is 9.27. The first-order chi connectivity index (χ1) is 16.5. The quantitative estimate of drug-likeness (QED) is 0.362. The summed E-state index contributed by atoms with van der Waals surface area (Å²) < 4.78 is 11.8. The minimum absolute atomic E-state index is 0.0818. The van der Waals surface area contributed by atoms with Gasteiger partial charge in [-0.3, -0.25) is 9.78 Å². The number of thiazole rings is 1. The average molecular weight is 472 g/mol. The van der Waals surface area contributed by atoms with Gasteiger partial charge in [0.15, 0.2) is 6.10 Å². The van der Waals surface area contributed by atoms with Crippen molar-refractivity contribution in [2.45, 2.75) is 26.9 Å². The van der Waals surface area contributed by atoms with Gasteiger partial charge in [-0.15, -0.1) is 11.3 Å². The molecule has 0 fully saturated rings. The predicted octanol–water partition coefficient (Wildman–Crippen LogP) is 5.68. The van der Waals surface area contributed by atoms with Crippen LogP contribution in [-0.2, 0) is 4.79 Å². The van der Waals surface area contributed by atoms with Crippen molar-refractivity contribution in [1.82, 2.24) is 9.97 Å². The number of fused-ring (bicyclic) bond motifs is 1. The van der Waals surface area contributed by atoms with Crippen molar-refractivity contribution in [2.75, 3.05) is 18.1 Å². The largest absolute Gasteiger partial charge is 0.492 e. The van der Waals surface area contributed by atoms with Gasteiger partial charge in [-0.1, -0.05) is 18.2 Å². The first-order valence-corrected chi connectivity index (χ1v) is 12.0. The molecular weight excluding hydrogens is 446 g/mol. The van der Waals surface area contributed by atoms with E-state index in [1.54, 1.807) is 29.4 Å². The lowest BCUT2D eigenvalue weighted by atomic mass is 10.1. The van der Waals surface area contributed by atoms with E-state index < -0.39 is 6.10 Å². The number of hydrogen-bond donors (Lipinski definition) is 0. The Bertz CT molecular complexity index is 1340. The van der Waals surface area contributed by atoms with Gasteiger partial charge in [0.2, 0.25) is 0 Å². The Hall–Kier alpha value is -3.71.